The van der Waals surface area contributed by atoms with Crippen LogP contribution in [0.3, 0.4) is 0 Å². The molecule has 0 saturated carbocycles. The SMILES string of the molecule is CC(C)N.[O-][I+2]([O-])O. The number of nitrogens with two attached hydrogens (primary N) is 1. The lowest BCUT2D eigenvalue weighted by Crippen LogP contribution is -3.98. The molecule has 0 aromatic carbocycles. The van der Waals surface area contributed by atoms with Gasteiger partial charge in [-0.05, 0) is 9.48 Å². The Kier molecular flexibility index (Phi) is 10.8. The van der Waals surface area contributed by atoms with E-state index in [1.54, 1.807) is 0 Å². The van der Waals surface area contributed by atoms with Gasteiger partial charge in [0, 0.05) is 0 Å². The molecule has 0 radical (unpaired) electrons. The third-order valence-corrected chi connectivity index (χ3v) is 0. The van der Waals surface area contributed by atoms with E-state index < -0.39 is 21.1 Å². The molecule has 0 aliphatic rings. The monoisotopic (exact) mass is 235 g/mol. The van der Waals surface area contributed by atoms with Gasteiger partial charge in [-0.15, -0.1) is 0 Å². The average Bonchev–Trinajstić information content (AvgIpc) is 1.25. The maximum absolute atomic E-state index is 8.68. The van der Waals surface area contributed by atoms with Crippen LogP contribution in [0.25, 0.3) is 0 Å². The van der Waals surface area contributed by atoms with E-state index in [4.69, 9.17) is 16.0 Å². The van der Waals surface area contributed by atoms with Gasteiger partial charge in [-0.3, -0.25) is 0 Å². The molecule has 3 N–H and O–H groups in total. The molecule has 0 aromatic rings. The summed E-state index contributed by atoms with van der Waals surface area (Å²) in [6.45, 7) is 3.89. The molecule has 5 heteroatoms. The highest BCUT2D eigenvalue weighted by Gasteiger charge is 1.89. The molecule has 8 heavy (non-hydrogen) atoms. The van der Waals surface area contributed by atoms with Gasteiger partial charge < -0.3 is 12.6 Å². The minimum absolute atomic E-state index is 0.333. The van der Waals surface area contributed by atoms with Crippen LogP contribution >= 0.6 is 0 Å². The van der Waals surface area contributed by atoms with Gasteiger partial charge >= 0.3 is 21.1 Å². The molecule has 0 aliphatic heterocycles. The lowest BCUT2D eigenvalue weighted by atomic mass is 10.5. The summed E-state index contributed by atoms with van der Waals surface area (Å²) >= 11 is -3.76. The second kappa shape index (κ2) is 7.57. The van der Waals surface area contributed by atoms with Crippen LogP contribution in [0.5, 0.6) is 0 Å². The zero-order chi connectivity index (χ0) is 7.15. The van der Waals surface area contributed by atoms with Gasteiger partial charge in [-0.25, -0.2) is 0 Å². The van der Waals surface area contributed by atoms with E-state index in [-0.39, 0.29) is 0 Å². The highest BCUT2D eigenvalue weighted by Crippen LogP contribution is 1.58. The molecular formula is C3H10INO3. The number of hydrogen-bond donors (Lipinski definition) is 2. The molecule has 0 atom stereocenters. The van der Waals surface area contributed by atoms with Crippen LogP contribution < -0.4 is 33.7 Å². The zero-order valence-corrected chi connectivity index (χ0v) is 6.95. The number of rotatable bonds is 0. The molecule has 0 aliphatic carbocycles. The van der Waals surface area contributed by atoms with Crippen LogP contribution in [0.4, 0.5) is 0 Å². The predicted molar refractivity (Wildman–Crippen MR) is 21.5 cm³/mol. The minimum Gasteiger partial charge on any atom is -0.396 e. The quantitative estimate of drug-likeness (QED) is 0.409. The van der Waals surface area contributed by atoms with Crippen molar-refractivity contribution in [1.82, 2.24) is 0 Å². The van der Waals surface area contributed by atoms with Crippen molar-refractivity contribution in [1.29, 1.82) is 0 Å². The fraction of sp³-hybridized carbons (Fsp3) is 1.00. The second-order valence-corrected chi connectivity index (χ2v) is 2.59. The maximum atomic E-state index is 8.68. The molecule has 52 valence electrons. The molecular weight excluding hydrogens is 225 g/mol. The van der Waals surface area contributed by atoms with E-state index in [1.807, 2.05) is 13.8 Å². The van der Waals surface area contributed by atoms with Crippen LogP contribution in [-0.2, 0) is 0 Å². The van der Waals surface area contributed by atoms with Crippen LogP contribution in [-0.4, -0.2) is 9.48 Å². The second-order valence-electron chi connectivity index (χ2n) is 1.45. The Morgan fingerprint density at radius 2 is 1.50 bits per heavy atom. The molecule has 0 bridgehead atoms. The molecule has 0 amide bonds. The highest BCUT2D eigenvalue weighted by atomic mass is 127. The first-order chi connectivity index (χ1) is 3.46. The Bertz CT molecular complexity index is 30.0. The Labute approximate surface area is 57.4 Å². The molecule has 0 unspecified atom stereocenters. The van der Waals surface area contributed by atoms with E-state index in [0.717, 1.165) is 0 Å². The van der Waals surface area contributed by atoms with Crippen molar-refractivity contribution < 1.29 is 31.4 Å². The fourth-order valence-electron chi connectivity index (χ4n) is 0. The minimum atomic E-state index is -3.76. The molecule has 0 rings (SSSR count). The van der Waals surface area contributed by atoms with Crippen molar-refractivity contribution in [3.05, 3.63) is 0 Å². The van der Waals surface area contributed by atoms with Crippen LogP contribution in [0.2, 0.25) is 0 Å². The third kappa shape index (κ3) is 627. The Morgan fingerprint density at radius 3 is 1.50 bits per heavy atom. The molecule has 0 heterocycles. The summed E-state index contributed by atoms with van der Waals surface area (Å²) in [5.74, 6) is 0. The lowest BCUT2D eigenvalue weighted by Gasteiger charge is -1.81. The molecule has 0 aromatic heterocycles. The van der Waals surface area contributed by atoms with Crippen molar-refractivity contribution in [3.63, 3.8) is 0 Å². The lowest BCUT2D eigenvalue weighted by molar-refractivity contribution is -1.63. The van der Waals surface area contributed by atoms with Gasteiger partial charge in [-0.1, -0.05) is 13.8 Å². The van der Waals surface area contributed by atoms with Crippen molar-refractivity contribution >= 4 is 0 Å². The van der Waals surface area contributed by atoms with E-state index in [9.17, 15) is 0 Å². The molecule has 0 spiro atoms. The van der Waals surface area contributed by atoms with Gasteiger partial charge in [-0.2, -0.15) is 0 Å². The van der Waals surface area contributed by atoms with Gasteiger partial charge in [0.1, 0.15) is 0 Å². The van der Waals surface area contributed by atoms with Crippen molar-refractivity contribution in [2.24, 2.45) is 5.73 Å². The largest absolute Gasteiger partial charge is 0.503 e. The summed E-state index contributed by atoms with van der Waals surface area (Å²) in [5, 5.41) is 0. The first kappa shape index (κ1) is 11.4. The Balaban J connectivity index is 0. The highest BCUT2D eigenvalue weighted by molar-refractivity contribution is 4.32. The van der Waals surface area contributed by atoms with E-state index in [0.29, 0.717) is 6.04 Å². The van der Waals surface area contributed by atoms with Crippen LogP contribution in [0.15, 0.2) is 0 Å². The predicted octanol–water partition coefficient (Wildman–Crippen LogP) is -5.58. The van der Waals surface area contributed by atoms with Crippen molar-refractivity contribution in [3.8, 4) is 0 Å². The average molecular weight is 235 g/mol. The summed E-state index contributed by atoms with van der Waals surface area (Å²) in [4.78, 5) is 0. The van der Waals surface area contributed by atoms with Gasteiger partial charge in [0.15, 0.2) is 0 Å². The Hall–Kier alpha value is 0.570. The summed E-state index contributed by atoms with van der Waals surface area (Å²) in [6.07, 6.45) is 0. The van der Waals surface area contributed by atoms with Crippen LogP contribution in [0.1, 0.15) is 13.8 Å². The van der Waals surface area contributed by atoms with Gasteiger partial charge in [0.25, 0.3) is 0 Å². The van der Waals surface area contributed by atoms with Crippen LogP contribution in [0, 0.1) is 0 Å². The number of halogens is 1. The normalized spacial score (nSPS) is 9.00. The zero-order valence-electron chi connectivity index (χ0n) is 4.80. The van der Waals surface area contributed by atoms with Crippen molar-refractivity contribution in [2.75, 3.05) is 0 Å². The van der Waals surface area contributed by atoms with Crippen molar-refractivity contribution in [2.45, 2.75) is 19.9 Å². The Morgan fingerprint density at radius 1 is 1.50 bits per heavy atom. The van der Waals surface area contributed by atoms with Gasteiger partial charge in [0.05, 0.1) is 0 Å². The van der Waals surface area contributed by atoms with E-state index in [2.05, 4.69) is 0 Å². The summed E-state index contributed by atoms with van der Waals surface area (Å²) in [5.41, 5.74) is 5.11. The molecule has 4 nitrogen and oxygen atoms in total. The third-order valence-electron chi connectivity index (χ3n) is 0. The first-order valence-electron chi connectivity index (χ1n) is 1.97. The topological polar surface area (TPSA) is 92.4 Å². The summed E-state index contributed by atoms with van der Waals surface area (Å²) in [6, 6.07) is 0.333. The fourth-order valence-corrected chi connectivity index (χ4v) is 0. The summed E-state index contributed by atoms with van der Waals surface area (Å²) in [7, 11) is 0. The standard InChI is InChI=1S/C3H9N.HIO3/c1-3(2)4;2-1(3)4/h3H,4H2,1-2H3;2H. The first-order valence-corrected chi connectivity index (χ1v) is 4.69. The van der Waals surface area contributed by atoms with E-state index in [1.165, 1.54) is 0 Å². The molecule has 0 saturated heterocycles. The van der Waals surface area contributed by atoms with E-state index >= 15 is 0 Å². The molecule has 0 fully saturated rings. The number of hydrogen-bond acceptors (Lipinski definition) is 4. The maximum Gasteiger partial charge on any atom is 0.503 e. The summed E-state index contributed by atoms with van der Waals surface area (Å²) < 4.78 is 24.5. The van der Waals surface area contributed by atoms with Gasteiger partial charge in [0.2, 0.25) is 0 Å². The smallest absolute Gasteiger partial charge is 0.396 e.